The normalized spacial score (nSPS) is 11.9. The Morgan fingerprint density at radius 2 is 2.05 bits per heavy atom. The zero-order valence-electron chi connectivity index (χ0n) is 11.1. The van der Waals surface area contributed by atoms with Crippen LogP contribution in [0.15, 0.2) is 53.7 Å². The van der Waals surface area contributed by atoms with Crippen LogP contribution in [0.1, 0.15) is 22.0 Å². The average molecular weight is 288 g/mol. The summed E-state index contributed by atoms with van der Waals surface area (Å²) in [4.78, 5) is 16.2. The SMILES string of the molecule is CSc1ncccc1C(=O)NCC(O)c1ccccc1. The quantitative estimate of drug-likeness (QED) is 0.829. The van der Waals surface area contributed by atoms with Crippen LogP contribution in [-0.4, -0.2) is 28.8 Å². The fourth-order valence-electron chi connectivity index (χ4n) is 1.80. The highest BCUT2D eigenvalue weighted by molar-refractivity contribution is 7.98. The molecule has 2 aromatic rings. The predicted octanol–water partition coefficient (Wildman–Crippen LogP) is 2.27. The Morgan fingerprint density at radius 3 is 2.75 bits per heavy atom. The molecule has 20 heavy (non-hydrogen) atoms. The van der Waals surface area contributed by atoms with Crippen molar-refractivity contribution >= 4 is 17.7 Å². The van der Waals surface area contributed by atoms with Crippen molar-refractivity contribution in [2.24, 2.45) is 0 Å². The minimum absolute atomic E-state index is 0.172. The third kappa shape index (κ3) is 3.59. The molecule has 0 bridgehead atoms. The molecule has 1 aromatic carbocycles. The smallest absolute Gasteiger partial charge is 0.254 e. The van der Waals surface area contributed by atoms with E-state index in [0.29, 0.717) is 10.6 Å². The lowest BCUT2D eigenvalue weighted by atomic mass is 10.1. The first-order chi connectivity index (χ1) is 9.72. The van der Waals surface area contributed by atoms with Gasteiger partial charge < -0.3 is 10.4 Å². The van der Waals surface area contributed by atoms with Crippen molar-refractivity contribution in [2.75, 3.05) is 12.8 Å². The Bertz CT molecular complexity index is 575. The first-order valence-electron chi connectivity index (χ1n) is 6.22. The molecular formula is C15H16N2O2S. The Balaban J connectivity index is 1.99. The number of pyridine rings is 1. The van der Waals surface area contributed by atoms with Crippen molar-refractivity contribution in [2.45, 2.75) is 11.1 Å². The second kappa shape index (κ2) is 7.07. The van der Waals surface area contributed by atoms with Crippen LogP contribution in [0.4, 0.5) is 0 Å². The summed E-state index contributed by atoms with van der Waals surface area (Å²) < 4.78 is 0. The van der Waals surface area contributed by atoms with Crippen LogP contribution in [0, 0.1) is 0 Å². The molecule has 4 nitrogen and oxygen atoms in total. The number of aliphatic hydroxyl groups excluding tert-OH is 1. The first-order valence-corrected chi connectivity index (χ1v) is 7.45. The summed E-state index contributed by atoms with van der Waals surface area (Å²) in [5.74, 6) is -0.225. The van der Waals surface area contributed by atoms with Crippen molar-refractivity contribution in [3.8, 4) is 0 Å². The number of rotatable bonds is 5. The molecule has 2 N–H and O–H groups in total. The van der Waals surface area contributed by atoms with Crippen LogP contribution >= 0.6 is 11.8 Å². The average Bonchev–Trinajstić information content (AvgIpc) is 2.53. The second-order valence-corrected chi connectivity index (χ2v) is 4.99. The Labute approximate surface area is 122 Å². The fourth-order valence-corrected chi connectivity index (χ4v) is 2.35. The lowest BCUT2D eigenvalue weighted by molar-refractivity contribution is 0.0912. The van der Waals surface area contributed by atoms with Crippen molar-refractivity contribution < 1.29 is 9.90 Å². The summed E-state index contributed by atoms with van der Waals surface area (Å²) in [6.07, 6.45) is 2.81. The highest BCUT2D eigenvalue weighted by Gasteiger charge is 2.13. The highest BCUT2D eigenvalue weighted by Crippen LogP contribution is 2.17. The van der Waals surface area contributed by atoms with Crippen LogP contribution in [-0.2, 0) is 0 Å². The molecule has 0 aliphatic heterocycles. The lowest BCUT2D eigenvalue weighted by Gasteiger charge is -2.13. The molecule has 0 fully saturated rings. The highest BCUT2D eigenvalue weighted by atomic mass is 32.2. The Morgan fingerprint density at radius 1 is 1.30 bits per heavy atom. The molecule has 0 saturated carbocycles. The number of carbonyl (C=O) groups excluding carboxylic acids is 1. The number of hydrogen-bond donors (Lipinski definition) is 2. The molecule has 1 unspecified atom stereocenters. The summed E-state index contributed by atoms with van der Waals surface area (Å²) in [7, 11) is 0. The monoisotopic (exact) mass is 288 g/mol. The van der Waals surface area contributed by atoms with Gasteiger partial charge in [0, 0.05) is 12.7 Å². The Hall–Kier alpha value is -1.85. The van der Waals surface area contributed by atoms with E-state index in [1.54, 1.807) is 18.3 Å². The largest absolute Gasteiger partial charge is 0.387 e. The van der Waals surface area contributed by atoms with E-state index in [4.69, 9.17) is 0 Å². The maximum atomic E-state index is 12.1. The first kappa shape index (κ1) is 14.6. The minimum atomic E-state index is -0.713. The number of nitrogens with one attached hydrogen (secondary N) is 1. The molecule has 1 aromatic heterocycles. The maximum Gasteiger partial charge on any atom is 0.254 e. The molecule has 0 saturated heterocycles. The van der Waals surface area contributed by atoms with Crippen LogP contribution < -0.4 is 5.32 Å². The number of nitrogens with zero attached hydrogens (tertiary/aromatic N) is 1. The van der Waals surface area contributed by atoms with Gasteiger partial charge in [0.2, 0.25) is 0 Å². The van der Waals surface area contributed by atoms with Crippen molar-refractivity contribution in [1.29, 1.82) is 0 Å². The summed E-state index contributed by atoms with van der Waals surface area (Å²) in [6.45, 7) is 0.172. The van der Waals surface area contributed by atoms with Gasteiger partial charge >= 0.3 is 0 Å². The van der Waals surface area contributed by atoms with Crippen LogP contribution in [0.3, 0.4) is 0 Å². The molecular weight excluding hydrogens is 272 g/mol. The fraction of sp³-hybridized carbons (Fsp3) is 0.200. The van der Waals surface area contributed by atoms with E-state index in [2.05, 4.69) is 10.3 Å². The van der Waals surface area contributed by atoms with Gasteiger partial charge in [-0.05, 0) is 24.0 Å². The minimum Gasteiger partial charge on any atom is -0.387 e. The molecule has 0 radical (unpaired) electrons. The van der Waals surface area contributed by atoms with E-state index in [9.17, 15) is 9.90 Å². The predicted molar refractivity (Wildman–Crippen MR) is 79.8 cm³/mol. The van der Waals surface area contributed by atoms with E-state index < -0.39 is 6.10 Å². The number of hydrogen-bond acceptors (Lipinski definition) is 4. The third-order valence-corrected chi connectivity index (χ3v) is 3.56. The van der Waals surface area contributed by atoms with Gasteiger partial charge in [0.1, 0.15) is 5.03 Å². The van der Waals surface area contributed by atoms with Crippen LogP contribution in [0.25, 0.3) is 0 Å². The van der Waals surface area contributed by atoms with Crippen molar-refractivity contribution in [3.05, 3.63) is 59.8 Å². The number of aliphatic hydroxyl groups is 1. The molecule has 0 aliphatic rings. The molecule has 1 amide bonds. The van der Waals surface area contributed by atoms with Gasteiger partial charge in [-0.2, -0.15) is 0 Å². The molecule has 2 rings (SSSR count). The molecule has 0 aliphatic carbocycles. The number of benzene rings is 1. The summed E-state index contributed by atoms with van der Waals surface area (Å²) in [6, 6.07) is 12.7. The van der Waals surface area contributed by atoms with E-state index in [1.807, 2.05) is 36.6 Å². The topological polar surface area (TPSA) is 62.2 Å². The zero-order chi connectivity index (χ0) is 14.4. The van der Waals surface area contributed by atoms with E-state index >= 15 is 0 Å². The molecule has 5 heteroatoms. The van der Waals surface area contributed by atoms with Gasteiger partial charge in [-0.3, -0.25) is 4.79 Å². The van der Waals surface area contributed by atoms with Crippen LogP contribution in [0.2, 0.25) is 0 Å². The molecule has 1 heterocycles. The Kier molecular flexibility index (Phi) is 5.15. The zero-order valence-corrected chi connectivity index (χ0v) is 11.9. The molecule has 1 atom stereocenters. The van der Waals surface area contributed by atoms with Gasteiger partial charge in [-0.1, -0.05) is 30.3 Å². The van der Waals surface area contributed by atoms with Gasteiger partial charge in [-0.15, -0.1) is 11.8 Å². The molecule has 0 spiro atoms. The number of aromatic nitrogens is 1. The number of thioether (sulfide) groups is 1. The van der Waals surface area contributed by atoms with Gasteiger partial charge in [0.15, 0.2) is 0 Å². The second-order valence-electron chi connectivity index (χ2n) is 4.20. The lowest BCUT2D eigenvalue weighted by Crippen LogP contribution is -2.28. The van der Waals surface area contributed by atoms with Crippen LogP contribution in [0.5, 0.6) is 0 Å². The number of carbonyl (C=O) groups is 1. The maximum absolute atomic E-state index is 12.1. The summed E-state index contributed by atoms with van der Waals surface area (Å²) >= 11 is 1.42. The van der Waals surface area contributed by atoms with Gasteiger partial charge in [0.25, 0.3) is 5.91 Å². The summed E-state index contributed by atoms with van der Waals surface area (Å²) in [5, 5.41) is 13.4. The van der Waals surface area contributed by atoms with Gasteiger partial charge in [-0.25, -0.2) is 4.98 Å². The van der Waals surface area contributed by atoms with Crippen molar-refractivity contribution in [3.63, 3.8) is 0 Å². The number of amides is 1. The van der Waals surface area contributed by atoms with Crippen molar-refractivity contribution in [1.82, 2.24) is 10.3 Å². The van der Waals surface area contributed by atoms with Gasteiger partial charge in [0.05, 0.1) is 11.7 Å². The van der Waals surface area contributed by atoms with E-state index in [0.717, 1.165) is 5.56 Å². The molecule has 104 valence electrons. The van der Waals surface area contributed by atoms with E-state index in [-0.39, 0.29) is 12.5 Å². The standard InChI is InChI=1S/C15H16N2O2S/c1-20-15-12(8-5-9-16-15)14(19)17-10-13(18)11-6-3-2-4-7-11/h2-9,13,18H,10H2,1H3,(H,17,19). The summed E-state index contributed by atoms with van der Waals surface area (Å²) in [5.41, 5.74) is 1.31. The van der Waals surface area contributed by atoms with E-state index in [1.165, 1.54) is 11.8 Å². The third-order valence-electron chi connectivity index (χ3n) is 2.85.